The smallest absolute Gasteiger partial charge is 0.416 e. The number of alkyl halides is 3. The lowest BCUT2D eigenvalue weighted by molar-refractivity contribution is -0.137. The van der Waals surface area contributed by atoms with Gasteiger partial charge in [-0.2, -0.15) is 13.2 Å². The fourth-order valence-electron chi connectivity index (χ4n) is 2.42. The van der Waals surface area contributed by atoms with Gasteiger partial charge in [0.05, 0.1) is 5.56 Å². The van der Waals surface area contributed by atoms with Gasteiger partial charge in [-0.25, -0.2) is 0 Å². The largest absolute Gasteiger partial charge is 0.503 e. The van der Waals surface area contributed by atoms with Crippen molar-refractivity contribution in [3.05, 3.63) is 41.2 Å². The van der Waals surface area contributed by atoms with Crippen LogP contribution in [-0.4, -0.2) is 64.6 Å². The molecule has 0 radical (unpaired) electrons. The molecular formula is C17H18F3N3O4. The minimum Gasteiger partial charge on any atom is -0.503 e. The van der Waals surface area contributed by atoms with Gasteiger partial charge in [0.15, 0.2) is 22.9 Å². The molecule has 2 N–H and O–H groups in total. The first-order valence-electron chi connectivity index (χ1n) is 7.65. The van der Waals surface area contributed by atoms with Gasteiger partial charge in [0.1, 0.15) is 0 Å². The van der Waals surface area contributed by atoms with Crippen LogP contribution >= 0.6 is 0 Å². The van der Waals surface area contributed by atoms with E-state index in [1.165, 1.54) is 28.2 Å². The Kier molecular flexibility index (Phi) is 5.12. The van der Waals surface area contributed by atoms with Gasteiger partial charge in [-0.3, -0.25) is 14.2 Å². The van der Waals surface area contributed by atoms with Crippen LogP contribution in [0.1, 0.15) is 26.5 Å². The molecule has 1 aromatic heterocycles. The number of amides is 2. The highest BCUT2D eigenvalue weighted by Gasteiger charge is 2.34. The number of hydrogen-bond donors (Lipinski definition) is 2. The molecular weight excluding hydrogens is 367 g/mol. The summed E-state index contributed by atoms with van der Waals surface area (Å²) < 4.78 is 39.4. The van der Waals surface area contributed by atoms with Gasteiger partial charge in [0.25, 0.3) is 11.8 Å². The molecule has 2 aromatic rings. The maximum Gasteiger partial charge on any atom is 0.416 e. The van der Waals surface area contributed by atoms with E-state index < -0.39 is 46.4 Å². The summed E-state index contributed by atoms with van der Waals surface area (Å²) in [6, 6.07) is 3.63. The van der Waals surface area contributed by atoms with Crippen LogP contribution in [-0.2, 0) is 6.18 Å². The molecule has 0 spiro atoms. The monoisotopic (exact) mass is 385 g/mol. The first-order chi connectivity index (χ1) is 12.4. The standard InChI is InChI=1S/C17H18F3N3O4/c1-21(2)15(26)11-13(24)14(25)12(16(27)22(3)4)23(11)10-7-5-9(6-8-10)17(18,19)20/h5-8,24-25H,1-4H3. The molecule has 2 amide bonds. The lowest BCUT2D eigenvalue weighted by Gasteiger charge is -2.17. The first kappa shape index (κ1) is 20.1. The predicted molar refractivity (Wildman–Crippen MR) is 90.1 cm³/mol. The Morgan fingerprint density at radius 3 is 1.52 bits per heavy atom. The molecule has 7 nitrogen and oxygen atoms in total. The Bertz CT molecular complexity index is 841. The lowest BCUT2D eigenvalue weighted by Crippen LogP contribution is -2.28. The van der Waals surface area contributed by atoms with Gasteiger partial charge in [0.2, 0.25) is 0 Å². The molecule has 0 fully saturated rings. The van der Waals surface area contributed by atoms with Gasteiger partial charge in [-0.1, -0.05) is 0 Å². The van der Waals surface area contributed by atoms with E-state index in [2.05, 4.69) is 0 Å². The predicted octanol–water partition coefficient (Wildman–Crippen LogP) is 2.31. The molecule has 146 valence electrons. The van der Waals surface area contributed by atoms with Crippen molar-refractivity contribution in [3.8, 4) is 17.2 Å². The summed E-state index contributed by atoms with van der Waals surface area (Å²) in [6.07, 6.45) is -4.57. The third kappa shape index (κ3) is 3.55. The average molecular weight is 385 g/mol. The van der Waals surface area contributed by atoms with Crippen LogP contribution in [0.25, 0.3) is 5.69 Å². The van der Waals surface area contributed by atoms with Crippen LogP contribution in [0.2, 0.25) is 0 Å². The number of rotatable bonds is 3. The number of halogens is 3. The molecule has 0 aliphatic rings. The van der Waals surface area contributed by atoms with E-state index in [1.54, 1.807) is 0 Å². The maximum absolute atomic E-state index is 12.8. The van der Waals surface area contributed by atoms with Gasteiger partial charge in [-0.15, -0.1) is 0 Å². The topological polar surface area (TPSA) is 86.0 Å². The molecule has 0 unspecified atom stereocenters. The van der Waals surface area contributed by atoms with E-state index in [0.717, 1.165) is 38.6 Å². The van der Waals surface area contributed by atoms with Gasteiger partial charge in [0, 0.05) is 33.9 Å². The van der Waals surface area contributed by atoms with Gasteiger partial charge < -0.3 is 20.0 Å². The van der Waals surface area contributed by atoms with Crippen molar-refractivity contribution in [1.29, 1.82) is 0 Å². The maximum atomic E-state index is 12.8. The van der Waals surface area contributed by atoms with E-state index in [4.69, 9.17) is 0 Å². The fourth-order valence-corrected chi connectivity index (χ4v) is 2.42. The Hall–Kier alpha value is -3.17. The molecule has 0 aliphatic carbocycles. The van der Waals surface area contributed by atoms with Crippen molar-refractivity contribution < 1.29 is 33.0 Å². The summed E-state index contributed by atoms with van der Waals surface area (Å²) in [5.74, 6) is -3.17. The van der Waals surface area contributed by atoms with Crippen molar-refractivity contribution in [2.24, 2.45) is 0 Å². The van der Waals surface area contributed by atoms with Crippen molar-refractivity contribution in [1.82, 2.24) is 14.4 Å². The van der Waals surface area contributed by atoms with E-state index in [1.807, 2.05) is 0 Å². The molecule has 0 atom stereocenters. The number of hydrogen-bond acceptors (Lipinski definition) is 4. The van der Waals surface area contributed by atoms with Crippen molar-refractivity contribution in [2.45, 2.75) is 6.18 Å². The first-order valence-corrected chi connectivity index (χ1v) is 7.65. The van der Waals surface area contributed by atoms with Crippen molar-refractivity contribution in [2.75, 3.05) is 28.2 Å². The average Bonchev–Trinajstić information content (AvgIpc) is 2.84. The van der Waals surface area contributed by atoms with Gasteiger partial charge >= 0.3 is 6.18 Å². The van der Waals surface area contributed by atoms with E-state index in [9.17, 15) is 33.0 Å². The Morgan fingerprint density at radius 2 is 1.22 bits per heavy atom. The second kappa shape index (κ2) is 6.86. The van der Waals surface area contributed by atoms with Crippen molar-refractivity contribution >= 4 is 11.8 Å². The Morgan fingerprint density at radius 1 is 0.852 bits per heavy atom. The number of benzene rings is 1. The van der Waals surface area contributed by atoms with E-state index in [0.29, 0.717) is 0 Å². The third-order valence-corrected chi connectivity index (χ3v) is 3.79. The van der Waals surface area contributed by atoms with E-state index >= 15 is 0 Å². The zero-order valence-electron chi connectivity index (χ0n) is 15.0. The number of carbonyl (C=O) groups is 2. The minimum absolute atomic E-state index is 0.00556. The zero-order chi connectivity index (χ0) is 20.7. The SMILES string of the molecule is CN(C)C(=O)c1c(O)c(O)c(C(=O)N(C)C)n1-c1ccc(C(F)(F)F)cc1. The molecule has 0 bridgehead atoms. The van der Waals surface area contributed by atoms with E-state index in [-0.39, 0.29) is 5.69 Å². The van der Waals surface area contributed by atoms with Crippen molar-refractivity contribution in [3.63, 3.8) is 0 Å². The van der Waals surface area contributed by atoms with Crippen LogP contribution < -0.4 is 0 Å². The summed E-state index contributed by atoms with van der Waals surface area (Å²) in [6.45, 7) is 0. The van der Waals surface area contributed by atoms with Crippen LogP contribution in [0.3, 0.4) is 0 Å². The Balaban J connectivity index is 2.81. The molecule has 10 heteroatoms. The summed E-state index contributed by atoms with van der Waals surface area (Å²) >= 11 is 0. The number of nitrogens with zero attached hydrogens (tertiary/aromatic N) is 3. The molecule has 1 heterocycles. The van der Waals surface area contributed by atoms with Crippen LogP contribution in [0.15, 0.2) is 24.3 Å². The van der Waals surface area contributed by atoms with Crippen LogP contribution in [0.5, 0.6) is 11.5 Å². The highest BCUT2D eigenvalue weighted by molar-refractivity contribution is 6.04. The summed E-state index contributed by atoms with van der Waals surface area (Å²) in [4.78, 5) is 27.1. The second-order valence-corrected chi connectivity index (χ2v) is 6.17. The third-order valence-electron chi connectivity index (χ3n) is 3.79. The minimum atomic E-state index is -4.57. The number of aromatic hydroxyl groups is 2. The molecule has 0 saturated heterocycles. The van der Waals surface area contributed by atoms with Gasteiger partial charge in [-0.05, 0) is 24.3 Å². The highest BCUT2D eigenvalue weighted by Crippen LogP contribution is 2.39. The Labute approximate surface area is 152 Å². The molecule has 2 rings (SSSR count). The van der Waals surface area contributed by atoms with Crippen LogP contribution in [0, 0.1) is 0 Å². The zero-order valence-corrected chi connectivity index (χ0v) is 15.0. The normalized spacial score (nSPS) is 11.4. The van der Waals surface area contributed by atoms with Crippen LogP contribution in [0.4, 0.5) is 13.2 Å². The fraction of sp³-hybridized carbons (Fsp3) is 0.294. The highest BCUT2D eigenvalue weighted by atomic mass is 19.4. The summed E-state index contributed by atoms with van der Waals surface area (Å²) in [5.41, 5.74) is -1.81. The lowest BCUT2D eigenvalue weighted by atomic mass is 10.2. The quantitative estimate of drug-likeness (QED) is 0.849. The molecule has 27 heavy (non-hydrogen) atoms. The molecule has 1 aromatic carbocycles. The second-order valence-electron chi connectivity index (χ2n) is 6.17. The molecule has 0 aliphatic heterocycles. The summed E-state index contributed by atoms with van der Waals surface area (Å²) in [5, 5.41) is 20.5. The summed E-state index contributed by atoms with van der Waals surface area (Å²) in [7, 11) is 5.54. The number of aromatic nitrogens is 1. The number of carbonyl (C=O) groups excluding carboxylic acids is 2. The molecule has 0 saturated carbocycles.